The molecule has 0 aliphatic rings. The Kier molecular flexibility index (Phi) is 5.15. The van der Waals surface area contributed by atoms with Crippen molar-refractivity contribution in [2.75, 3.05) is 5.32 Å². The molecule has 5 heteroatoms. The lowest BCUT2D eigenvalue weighted by Gasteiger charge is -2.08. The quantitative estimate of drug-likeness (QED) is 0.803. The van der Waals surface area contributed by atoms with Gasteiger partial charge in [-0.15, -0.1) is 0 Å². The van der Waals surface area contributed by atoms with Crippen molar-refractivity contribution in [3.8, 4) is 0 Å². The Hall–Kier alpha value is -1.85. The van der Waals surface area contributed by atoms with E-state index in [0.717, 1.165) is 21.3 Å². The van der Waals surface area contributed by atoms with Gasteiger partial charge in [0.15, 0.2) is 0 Å². The van der Waals surface area contributed by atoms with E-state index >= 15 is 0 Å². The number of rotatable bonds is 4. The zero-order valence-electron chi connectivity index (χ0n) is 10.8. The predicted octanol–water partition coefficient (Wildman–Crippen LogP) is 3.26. The largest absolute Gasteiger partial charge is 0.392 e. The zero-order chi connectivity index (χ0) is 14.4. The second-order valence-electron chi connectivity index (χ2n) is 4.29. The lowest BCUT2D eigenvalue weighted by Crippen LogP contribution is -2.28. The van der Waals surface area contributed by atoms with Crippen LogP contribution < -0.4 is 10.6 Å². The number of carbonyl (C=O) groups is 1. The molecule has 4 nitrogen and oxygen atoms in total. The van der Waals surface area contributed by atoms with Crippen molar-refractivity contribution in [2.24, 2.45) is 0 Å². The molecule has 2 rings (SSSR count). The molecular weight excluding hydrogens is 320 g/mol. The first-order valence-corrected chi connectivity index (χ1v) is 6.96. The molecule has 0 atom stereocenters. The average molecular weight is 335 g/mol. The van der Waals surface area contributed by atoms with Gasteiger partial charge in [-0.1, -0.05) is 40.2 Å². The van der Waals surface area contributed by atoms with Gasteiger partial charge in [0.25, 0.3) is 0 Å². The van der Waals surface area contributed by atoms with Gasteiger partial charge in [-0.2, -0.15) is 0 Å². The molecule has 0 aromatic heterocycles. The second kappa shape index (κ2) is 7.07. The number of carbonyl (C=O) groups excluding carboxylic acids is 1. The fraction of sp³-hybridized carbons (Fsp3) is 0.133. The summed E-state index contributed by atoms with van der Waals surface area (Å²) in [7, 11) is 0. The summed E-state index contributed by atoms with van der Waals surface area (Å²) >= 11 is 3.34. The molecule has 3 N–H and O–H groups in total. The molecule has 2 amide bonds. The van der Waals surface area contributed by atoms with Gasteiger partial charge < -0.3 is 15.7 Å². The van der Waals surface area contributed by atoms with Gasteiger partial charge in [-0.25, -0.2) is 4.79 Å². The molecule has 0 saturated heterocycles. The SMILES string of the molecule is O=C(NCc1ccc(CO)cc1)Nc1ccc(Br)cc1. The van der Waals surface area contributed by atoms with Gasteiger partial charge in [0.1, 0.15) is 0 Å². The van der Waals surface area contributed by atoms with Crippen LogP contribution in [0.15, 0.2) is 53.0 Å². The van der Waals surface area contributed by atoms with Crippen molar-refractivity contribution in [1.82, 2.24) is 5.32 Å². The minimum absolute atomic E-state index is 0.0256. The second-order valence-corrected chi connectivity index (χ2v) is 5.20. The Morgan fingerprint density at radius 3 is 2.20 bits per heavy atom. The van der Waals surface area contributed by atoms with Gasteiger partial charge in [-0.05, 0) is 35.4 Å². The fourth-order valence-electron chi connectivity index (χ4n) is 1.65. The highest BCUT2D eigenvalue weighted by molar-refractivity contribution is 9.10. The number of amides is 2. The summed E-state index contributed by atoms with van der Waals surface area (Å²) in [5, 5.41) is 14.5. The number of halogens is 1. The van der Waals surface area contributed by atoms with Gasteiger partial charge >= 0.3 is 6.03 Å². The summed E-state index contributed by atoms with van der Waals surface area (Å²) in [5.74, 6) is 0. The highest BCUT2D eigenvalue weighted by Crippen LogP contribution is 2.13. The predicted molar refractivity (Wildman–Crippen MR) is 82.4 cm³/mol. The molecule has 2 aromatic rings. The van der Waals surface area contributed by atoms with Crippen LogP contribution in [0.1, 0.15) is 11.1 Å². The van der Waals surface area contributed by atoms with Crippen molar-refractivity contribution in [3.05, 3.63) is 64.1 Å². The van der Waals surface area contributed by atoms with Crippen LogP contribution in [0.2, 0.25) is 0 Å². The van der Waals surface area contributed by atoms with Gasteiger partial charge in [0.2, 0.25) is 0 Å². The number of aliphatic hydroxyl groups is 1. The van der Waals surface area contributed by atoms with Crippen LogP contribution in [0.25, 0.3) is 0 Å². The standard InChI is InChI=1S/C15H15BrN2O2/c16-13-5-7-14(8-6-13)18-15(20)17-9-11-1-3-12(10-19)4-2-11/h1-8,19H,9-10H2,(H2,17,18,20). The normalized spacial score (nSPS) is 10.1. The molecule has 0 heterocycles. The van der Waals surface area contributed by atoms with E-state index in [2.05, 4.69) is 26.6 Å². The Balaban J connectivity index is 1.83. The van der Waals surface area contributed by atoms with Crippen LogP contribution >= 0.6 is 15.9 Å². The van der Waals surface area contributed by atoms with Gasteiger partial charge in [-0.3, -0.25) is 0 Å². The van der Waals surface area contributed by atoms with Crippen molar-refractivity contribution in [3.63, 3.8) is 0 Å². The van der Waals surface area contributed by atoms with Gasteiger partial charge in [0, 0.05) is 16.7 Å². The third kappa shape index (κ3) is 4.36. The van der Waals surface area contributed by atoms with Crippen LogP contribution in [-0.2, 0) is 13.2 Å². The molecule has 0 radical (unpaired) electrons. The maximum absolute atomic E-state index is 11.7. The molecule has 0 aliphatic carbocycles. The first-order chi connectivity index (χ1) is 9.67. The molecule has 0 aliphatic heterocycles. The molecule has 0 bridgehead atoms. The van der Waals surface area contributed by atoms with Crippen molar-refractivity contribution in [2.45, 2.75) is 13.2 Å². The molecular formula is C15H15BrN2O2. The summed E-state index contributed by atoms with van der Waals surface area (Å²) in [6.07, 6.45) is 0. The Bertz CT molecular complexity index is 567. The highest BCUT2D eigenvalue weighted by atomic mass is 79.9. The number of urea groups is 1. The Morgan fingerprint density at radius 2 is 1.60 bits per heavy atom. The molecule has 0 unspecified atom stereocenters. The smallest absolute Gasteiger partial charge is 0.319 e. The summed E-state index contributed by atoms with van der Waals surface area (Å²) in [5.41, 5.74) is 2.57. The number of aliphatic hydroxyl groups excluding tert-OH is 1. The van der Waals surface area contributed by atoms with Crippen molar-refractivity contribution in [1.29, 1.82) is 0 Å². The number of benzene rings is 2. The van der Waals surface area contributed by atoms with Gasteiger partial charge in [0.05, 0.1) is 6.61 Å². The summed E-state index contributed by atoms with van der Waals surface area (Å²) in [6.45, 7) is 0.464. The fourth-order valence-corrected chi connectivity index (χ4v) is 1.92. The van der Waals surface area contributed by atoms with E-state index in [-0.39, 0.29) is 12.6 Å². The third-order valence-corrected chi connectivity index (χ3v) is 3.29. The number of hydrogen-bond donors (Lipinski definition) is 3. The minimum atomic E-state index is -0.251. The topological polar surface area (TPSA) is 61.4 Å². The van der Waals surface area contributed by atoms with Crippen molar-refractivity contribution < 1.29 is 9.90 Å². The number of hydrogen-bond acceptors (Lipinski definition) is 2. The van der Waals surface area contributed by atoms with Crippen LogP contribution in [0.4, 0.5) is 10.5 Å². The maximum atomic E-state index is 11.7. The molecule has 0 fully saturated rings. The van der Waals surface area contributed by atoms with Crippen LogP contribution in [0, 0.1) is 0 Å². The van der Waals surface area contributed by atoms with Crippen LogP contribution in [-0.4, -0.2) is 11.1 Å². The molecule has 104 valence electrons. The zero-order valence-corrected chi connectivity index (χ0v) is 12.4. The van der Waals surface area contributed by atoms with E-state index in [1.54, 1.807) is 0 Å². The molecule has 0 saturated carbocycles. The van der Waals surface area contributed by atoms with E-state index in [9.17, 15) is 4.79 Å². The Morgan fingerprint density at radius 1 is 1.00 bits per heavy atom. The van der Waals surface area contributed by atoms with E-state index < -0.39 is 0 Å². The molecule has 0 spiro atoms. The minimum Gasteiger partial charge on any atom is -0.392 e. The average Bonchev–Trinajstić information content (AvgIpc) is 2.48. The lowest BCUT2D eigenvalue weighted by molar-refractivity contribution is 0.251. The summed E-state index contributed by atoms with van der Waals surface area (Å²) in [4.78, 5) is 11.7. The molecule has 20 heavy (non-hydrogen) atoms. The van der Waals surface area contributed by atoms with Crippen LogP contribution in [0.5, 0.6) is 0 Å². The first kappa shape index (κ1) is 14.6. The monoisotopic (exact) mass is 334 g/mol. The maximum Gasteiger partial charge on any atom is 0.319 e. The number of nitrogens with one attached hydrogen (secondary N) is 2. The van der Waals surface area contributed by atoms with E-state index in [1.807, 2.05) is 48.5 Å². The third-order valence-electron chi connectivity index (χ3n) is 2.76. The summed E-state index contributed by atoms with van der Waals surface area (Å²) < 4.78 is 0.965. The van der Waals surface area contributed by atoms with Crippen LogP contribution in [0.3, 0.4) is 0 Å². The molecule has 2 aromatic carbocycles. The number of anilines is 1. The van der Waals surface area contributed by atoms with Crippen molar-refractivity contribution >= 4 is 27.6 Å². The highest BCUT2D eigenvalue weighted by Gasteiger charge is 2.01. The van der Waals surface area contributed by atoms with E-state index in [1.165, 1.54) is 0 Å². The Labute approximate surface area is 126 Å². The lowest BCUT2D eigenvalue weighted by atomic mass is 10.1. The summed E-state index contributed by atoms with van der Waals surface area (Å²) in [6, 6.07) is 14.6. The van der Waals surface area contributed by atoms with E-state index in [4.69, 9.17) is 5.11 Å². The first-order valence-electron chi connectivity index (χ1n) is 6.16. The van der Waals surface area contributed by atoms with E-state index in [0.29, 0.717) is 6.54 Å².